The molecular formula is C15H22N2O2. The average molecular weight is 262 g/mol. The van der Waals surface area contributed by atoms with Crippen molar-refractivity contribution in [2.24, 2.45) is 11.1 Å². The molecule has 2 rings (SSSR count). The van der Waals surface area contributed by atoms with Crippen LogP contribution in [0.15, 0.2) is 24.3 Å². The zero-order chi connectivity index (χ0) is 13.7. The van der Waals surface area contributed by atoms with E-state index in [4.69, 9.17) is 10.5 Å². The number of carbonyl (C=O) groups excluding carboxylic acids is 1. The minimum absolute atomic E-state index is 0.379. The van der Waals surface area contributed by atoms with Crippen LogP contribution >= 0.6 is 0 Å². The largest absolute Gasteiger partial charge is 0.385 e. The molecule has 1 amide bonds. The first kappa shape index (κ1) is 14.0. The zero-order valence-electron chi connectivity index (χ0n) is 11.4. The van der Waals surface area contributed by atoms with E-state index in [1.165, 1.54) is 18.4 Å². The molecule has 3 N–H and O–H groups in total. The summed E-state index contributed by atoms with van der Waals surface area (Å²) < 4.78 is 5.15. The molecule has 0 unspecified atom stereocenters. The molecule has 0 bridgehead atoms. The second kappa shape index (κ2) is 6.17. The maximum absolute atomic E-state index is 11.0. The number of ether oxygens (including phenoxy) is 1. The molecule has 0 saturated heterocycles. The molecule has 0 radical (unpaired) electrons. The quantitative estimate of drug-likeness (QED) is 0.749. The standard InChI is InChI=1S/C15H22N2O2/c1-19-9-8-15(6-7-15)11-17-10-12-2-4-13(5-3-12)14(16)18/h2-5,17H,6-11H2,1H3,(H2,16,18). The van der Waals surface area contributed by atoms with Gasteiger partial charge in [-0.15, -0.1) is 0 Å². The van der Waals surface area contributed by atoms with E-state index in [0.717, 1.165) is 26.1 Å². The highest BCUT2D eigenvalue weighted by atomic mass is 16.5. The number of hydrogen-bond donors (Lipinski definition) is 2. The molecule has 0 aromatic heterocycles. The van der Waals surface area contributed by atoms with E-state index in [-0.39, 0.29) is 5.91 Å². The van der Waals surface area contributed by atoms with Crippen molar-refractivity contribution in [2.75, 3.05) is 20.3 Å². The van der Waals surface area contributed by atoms with E-state index in [1.54, 1.807) is 19.2 Å². The number of primary amides is 1. The van der Waals surface area contributed by atoms with E-state index in [1.807, 2.05) is 12.1 Å². The average Bonchev–Trinajstić information content (AvgIpc) is 3.17. The smallest absolute Gasteiger partial charge is 0.248 e. The number of amides is 1. The summed E-state index contributed by atoms with van der Waals surface area (Å²) in [6, 6.07) is 7.44. The molecule has 104 valence electrons. The minimum atomic E-state index is -0.379. The molecule has 0 spiro atoms. The maximum atomic E-state index is 11.0. The number of rotatable bonds is 8. The number of nitrogens with one attached hydrogen (secondary N) is 1. The molecule has 1 aliphatic carbocycles. The van der Waals surface area contributed by atoms with Crippen LogP contribution in [0.1, 0.15) is 35.2 Å². The van der Waals surface area contributed by atoms with Gasteiger partial charge in [0.2, 0.25) is 5.91 Å². The van der Waals surface area contributed by atoms with Crippen molar-refractivity contribution >= 4 is 5.91 Å². The van der Waals surface area contributed by atoms with Crippen LogP contribution in [-0.2, 0) is 11.3 Å². The number of benzene rings is 1. The second-order valence-corrected chi connectivity index (χ2v) is 5.41. The summed E-state index contributed by atoms with van der Waals surface area (Å²) in [6.07, 6.45) is 3.73. The Morgan fingerprint density at radius 1 is 1.37 bits per heavy atom. The molecule has 0 aliphatic heterocycles. The third kappa shape index (κ3) is 4.04. The van der Waals surface area contributed by atoms with Gasteiger partial charge < -0.3 is 15.8 Å². The fourth-order valence-corrected chi connectivity index (χ4v) is 2.27. The Labute approximate surface area is 114 Å². The van der Waals surface area contributed by atoms with E-state index < -0.39 is 0 Å². The topological polar surface area (TPSA) is 64.3 Å². The summed E-state index contributed by atoms with van der Waals surface area (Å²) in [5, 5.41) is 3.49. The highest BCUT2D eigenvalue weighted by Crippen LogP contribution is 2.48. The van der Waals surface area contributed by atoms with Crippen LogP contribution in [0.4, 0.5) is 0 Å². The lowest BCUT2D eigenvalue weighted by atomic mass is 10.0. The molecule has 1 aromatic carbocycles. The molecule has 0 heterocycles. The van der Waals surface area contributed by atoms with E-state index in [0.29, 0.717) is 11.0 Å². The van der Waals surface area contributed by atoms with E-state index >= 15 is 0 Å². The summed E-state index contributed by atoms with van der Waals surface area (Å²) >= 11 is 0. The number of methoxy groups -OCH3 is 1. The van der Waals surface area contributed by atoms with Gasteiger partial charge >= 0.3 is 0 Å². The summed E-state index contributed by atoms with van der Waals surface area (Å²) in [6.45, 7) is 2.71. The Kier molecular flexibility index (Phi) is 4.56. The molecule has 1 aliphatic rings. The number of nitrogens with two attached hydrogens (primary N) is 1. The van der Waals surface area contributed by atoms with Crippen molar-refractivity contribution in [2.45, 2.75) is 25.8 Å². The SMILES string of the molecule is COCCC1(CNCc2ccc(C(N)=O)cc2)CC1. The number of hydrogen-bond acceptors (Lipinski definition) is 3. The molecular weight excluding hydrogens is 240 g/mol. The lowest BCUT2D eigenvalue weighted by Crippen LogP contribution is -2.24. The van der Waals surface area contributed by atoms with Crippen LogP contribution < -0.4 is 11.1 Å². The maximum Gasteiger partial charge on any atom is 0.248 e. The second-order valence-electron chi connectivity index (χ2n) is 5.41. The Morgan fingerprint density at radius 3 is 2.58 bits per heavy atom. The molecule has 1 saturated carbocycles. The van der Waals surface area contributed by atoms with Crippen molar-refractivity contribution in [3.63, 3.8) is 0 Å². The third-order valence-electron chi connectivity index (χ3n) is 3.86. The van der Waals surface area contributed by atoms with Gasteiger partial charge in [-0.05, 0) is 42.4 Å². The van der Waals surface area contributed by atoms with Gasteiger partial charge in [0.25, 0.3) is 0 Å². The van der Waals surface area contributed by atoms with Gasteiger partial charge in [0.05, 0.1) is 0 Å². The fourth-order valence-electron chi connectivity index (χ4n) is 2.27. The van der Waals surface area contributed by atoms with Crippen molar-refractivity contribution in [1.29, 1.82) is 0 Å². The van der Waals surface area contributed by atoms with Crippen molar-refractivity contribution < 1.29 is 9.53 Å². The molecule has 0 atom stereocenters. The highest BCUT2D eigenvalue weighted by molar-refractivity contribution is 5.92. The zero-order valence-corrected chi connectivity index (χ0v) is 11.4. The molecule has 19 heavy (non-hydrogen) atoms. The minimum Gasteiger partial charge on any atom is -0.385 e. The molecule has 4 nitrogen and oxygen atoms in total. The van der Waals surface area contributed by atoms with Crippen LogP contribution in [0.25, 0.3) is 0 Å². The summed E-state index contributed by atoms with van der Waals surface area (Å²) in [5.41, 5.74) is 7.40. The van der Waals surface area contributed by atoms with Gasteiger partial charge in [0.15, 0.2) is 0 Å². The number of carbonyl (C=O) groups is 1. The molecule has 1 aromatic rings. The Hall–Kier alpha value is -1.39. The predicted octanol–water partition coefficient (Wildman–Crippen LogP) is 1.69. The predicted molar refractivity (Wildman–Crippen MR) is 74.8 cm³/mol. The third-order valence-corrected chi connectivity index (χ3v) is 3.86. The van der Waals surface area contributed by atoms with Gasteiger partial charge in [-0.2, -0.15) is 0 Å². The first-order chi connectivity index (χ1) is 9.15. The molecule has 1 fully saturated rings. The van der Waals surface area contributed by atoms with Gasteiger partial charge in [-0.25, -0.2) is 0 Å². The first-order valence-electron chi connectivity index (χ1n) is 6.74. The van der Waals surface area contributed by atoms with Crippen molar-refractivity contribution in [3.05, 3.63) is 35.4 Å². The highest BCUT2D eigenvalue weighted by Gasteiger charge is 2.41. The first-order valence-corrected chi connectivity index (χ1v) is 6.74. The Bertz CT molecular complexity index is 424. The van der Waals surface area contributed by atoms with Crippen molar-refractivity contribution in [3.8, 4) is 0 Å². The van der Waals surface area contributed by atoms with Gasteiger partial charge in [-0.1, -0.05) is 12.1 Å². The van der Waals surface area contributed by atoms with E-state index in [9.17, 15) is 4.79 Å². The lowest BCUT2D eigenvalue weighted by molar-refractivity contribution is 0.100. The van der Waals surface area contributed by atoms with Crippen LogP contribution in [0, 0.1) is 5.41 Å². The van der Waals surface area contributed by atoms with Gasteiger partial charge in [-0.3, -0.25) is 4.79 Å². The van der Waals surface area contributed by atoms with Gasteiger partial charge in [0.1, 0.15) is 0 Å². The summed E-state index contributed by atoms with van der Waals surface area (Å²) in [7, 11) is 1.75. The van der Waals surface area contributed by atoms with Crippen LogP contribution in [0.2, 0.25) is 0 Å². The van der Waals surface area contributed by atoms with E-state index in [2.05, 4.69) is 5.32 Å². The lowest BCUT2D eigenvalue weighted by Gasteiger charge is -2.15. The van der Waals surface area contributed by atoms with Gasteiger partial charge in [0, 0.05) is 32.4 Å². The fraction of sp³-hybridized carbons (Fsp3) is 0.533. The Morgan fingerprint density at radius 2 is 2.05 bits per heavy atom. The van der Waals surface area contributed by atoms with Crippen LogP contribution in [0.3, 0.4) is 0 Å². The molecule has 4 heteroatoms. The summed E-state index contributed by atoms with van der Waals surface area (Å²) in [4.78, 5) is 11.0. The summed E-state index contributed by atoms with van der Waals surface area (Å²) in [5.74, 6) is -0.379. The van der Waals surface area contributed by atoms with Crippen molar-refractivity contribution in [1.82, 2.24) is 5.32 Å². The normalized spacial score (nSPS) is 16.3. The monoisotopic (exact) mass is 262 g/mol. The van der Waals surface area contributed by atoms with Crippen LogP contribution in [-0.4, -0.2) is 26.2 Å². The Balaban J connectivity index is 1.75. The van der Waals surface area contributed by atoms with Crippen LogP contribution in [0.5, 0.6) is 0 Å².